The van der Waals surface area contributed by atoms with Crippen molar-refractivity contribution in [2.45, 2.75) is 17.8 Å². The van der Waals surface area contributed by atoms with Gasteiger partial charge in [-0.3, -0.25) is 0 Å². The van der Waals surface area contributed by atoms with E-state index in [0.717, 1.165) is 6.92 Å². The first-order valence-corrected chi connectivity index (χ1v) is 5.97. The molecule has 1 unspecified atom stereocenters. The maximum atomic E-state index is 12.1. The Kier molecular flexibility index (Phi) is 3.71. The van der Waals surface area contributed by atoms with E-state index in [-0.39, 0.29) is 6.16 Å². The Labute approximate surface area is 71.7 Å². The van der Waals surface area contributed by atoms with Crippen LogP contribution in [-0.2, 0) is 0 Å². The molecule has 0 saturated heterocycles. The van der Waals surface area contributed by atoms with Gasteiger partial charge in [0.2, 0.25) is 0 Å². The zero-order valence-electron chi connectivity index (χ0n) is 6.74. The van der Waals surface area contributed by atoms with E-state index in [1.807, 2.05) is 13.3 Å². The molecule has 0 N–H and O–H groups in total. The van der Waals surface area contributed by atoms with Gasteiger partial charge in [0, 0.05) is 0 Å². The fourth-order valence-electron chi connectivity index (χ4n) is 0.705. The molecule has 0 aliphatic carbocycles. The van der Waals surface area contributed by atoms with Gasteiger partial charge in [-0.05, 0) is 26.4 Å². The van der Waals surface area contributed by atoms with Crippen LogP contribution in [0, 0.1) is 0 Å². The topological polar surface area (TPSA) is 0 Å². The van der Waals surface area contributed by atoms with Gasteiger partial charge in [-0.15, -0.1) is 7.92 Å². The molecular formula is C6H12F3PS. The molecule has 0 heterocycles. The van der Waals surface area contributed by atoms with Crippen LogP contribution < -0.4 is 0 Å². The molecule has 0 fully saturated rings. The molecule has 0 saturated carbocycles. The van der Waals surface area contributed by atoms with Gasteiger partial charge in [-0.25, -0.2) is 0 Å². The monoisotopic (exact) mass is 204 g/mol. The molecular weight excluding hydrogens is 192 g/mol. The summed E-state index contributed by atoms with van der Waals surface area (Å²) < 4.78 is 34.6. The number of hydrogen-bond acceptors (Lipinski definition) is 1. The summed E-state index contributed by atoms with van der Waals surface area (Å²) in [7, 11) is -0.549. The van der Waals surface area contributed by atoms with Crippen molar-refractivity contribution in [3.05, 3.63) is 0 Å². The summed E-state index contributed by atoms with van der Waals surface area (Å²) in [5.74, 6) is 0. The maximum absolute atomic E-state index is 12.1. The molecule has 0 rings (SSSR count). The summed E-state index contributed by atoms with van der Waals surface area (Å²) >= 11 is 3.60. The normalized spacial score (nSPS) is 18.5. The predicted octanol–water partition coefficient (Wildman–Crippen LogP) is 2.98. The lowest BCUT2D eigenvalue weighted by Gasteiger charge is -2.28. The molecule has 0 aliphatic rings. The van der Waals surface area contributed by atoms with E-state index < -0.39 is 18.8 Å². The van der Waals surface area contributed by atoms with Gasteiger partial charge in [0.15, 0.2) is 0 Å². The standard InChI is InChI=1S/C6H12F3PS/c1-5(11,4-10(2)3)6(7,8)9/h11H,4H2,1-3H3. The summed E-state index contributed by atoms with van der Waals surface area (Å²) in [4.78, 5) is 0. The summed E-state index contributed by atoms with van der Waals surface area (Å²) in [6.45, 7) is 4.75. The first-order valence-electron chi connectivity index (χ1n) is 3.10. The van der Waals surface area contributed by atoms with Crippen molar-refractivity contribution < 1.29 is 13.2 Å². The van der Waals surface area contributed by atoms with Crippen molar-refractivity contribution in [3.63, 3.8) is 0 Å². The third-order valence-corrected chi connectivity index (χ3v) is 3.16. The van der Waals surface area contributed by atoms with Crippen LogP contribution in [-0.4, -0.2) is 30.4 Å². The highest BCUT2D eigenvalue weighted by atomic mass is 32.1. The fourth-order valence-corrected chi connectivity index (χ4v) is 2.96. The van der Waals surface area contributed by atoms with Crippen molar-refractivity contribution >= 4 is 20.6 Å². The van der Waals surface area contributed by atoms with Crippen molar-refractivity contribution in [2.75, 3.05) is 19.5 Å². The number of alkyl halides is 3. The Hall–Kier alpha value is 0.570. The van der Waals surface area contributed by atoms with Crippen LogP contribution in [0.2, 0.25) is 0 Å². The average Bonchev–Trinajstić information content (AvgIpc) is 1.56. The van der Waals surface area contributed by atoms with Gasteiger partial charge >= 0.3 is 6.18 Å². The number of thiol groups is 1. The highest BCUT2D eigenvalue weighted by molar-refractivity contribution is 7.82. The lowest BCUT2D eigenvalue weighted by molar-refractivity contribution is -0.149. The Morgan fingerprint density at radius 1 is 1.27 bits per heavy atom. The van der Waals surface area contributed by atoms with E-state index in [1.54, 1.807) is 0 Å². The quantitative estimate of drug-likeness (QED) is 0.518. The molecule has 68 valence electrons. The highest BCUT2D eigenvalue weighted by Gasteiger charge is 2.48. The zero-order valence-corrected chi connectivity index (χ0v) is 8.52. The number of rotatable bonds is 2. The molecule has 0 nitrogen and oxygen atoms in total. The lowest BCUT2D eigenvalue weighted by Crippen LogP contribution is -2.39. The zero-order chi connectivity index (χ0) is 9.28. The first-order chi connectivity index (χ1) is 4.67. The Morgan fingerprint density at radius 2 is 1.64 bits per heavy atom. The molecule has 0 amide bonds. The van der Waals surface area contributed by atoms with Gasteiger partial charge in [0.25, 0.3) is 0 Å². The molecule has 0 aliphatic heterocycles. The van der Waals surface area contributed by atoms with Gasteiger partial charge in [0.1, 0.15) is 4.75 Å². The predicted molar refractivity (Wildman–Crippen MR) is 47.1 cm³/mol. The third kappa shape index (κ3) is 3.66. The summed E-state index contributed by atoms with van der Waals surface area (Å²) in [6, 6.07) is 0. The highest BCUT2D eigenvalue weighted by Crippen LogP contribution is 2.43. The molecule has 0 aromatic carbocycles. The van der Waals surface area contributed by atoms with Crippen LogP contribution in [0.4, 0.5) is 13.2 Å². The van der Waals surface area contributed by atoms with Crippen molar-refractivity contribution in [1.29, 1.82) is 0 Å². The molecule has 0 aromatic rings. The summed E-state index contributed by atoms with van der Waals surface area (Å²) in [5.41, 5.74) is 0. The van der Waals surface area contributed by atoms with E-state index >= 15 is 0 Å². The van der Waals surface area contributed by atoms with E-state index in [4.69, 9.17) is 0 Å². The Balaban J connectivity index is 4.22. The van der Waals surface area contributed by atoms with E-state index in [9.17, 15) is 13.2 Å². The second-order valence-corrected chi connectivity index (χ2v) is 6.47. The molecule has 0 aromatic heterocycles. The van der Waals surface area contributed by atoms with Crippen molar-refractivity contribution in [1.82, 2.24) is 0 Å². The minimum Gasteiger partial charge on any atom is -0.170 e. The molecule has 11 heavy (non-hydrogen) atoms. The van der Waals surface area contributed by atoms with Gasteiger partial charge in [-0.1, -0.05) is 0 Å². The largest absolute Gasteiger partial charge is 0.403 e. The smallest absolute Gasteiger partial charge is 0.170 e. The third-order valence-electron chi connectivity index (χ3n) is 1.23. The van der Waals surface area contributed by atoms with Crippen LogP contribution in [0.15, 0.2) is 0 Å². The summed E-state index contributed by atoms with van der Waals surface area (Å²) in [6.07, 6.45) is -4.07. The van der Waals surface area contributed by atoms with Crippen LogP contribution in [0.3, 0.4) is 0 Å². The first kappa shape index (κ1) is 11.6. The second-order valence-electron chi connectivity index (χ2n) is 3.01. The van der Waals surface area contributed by atoms with Crippen LogP contribution >= 0.6 is 20.6 Å². The summed E-state index contributed by atoms with van der Waals surface area (Å²) in [5, 5.41) is 0. The van der Waals surface area contributed by atoms with Crippen LogP contribution in [0.1, 0.15) is 6.92 Å². The van der Waals surface area contributed by atoms with Crippen molar-refractivity contribution in [2.24, 2.45) is 0 Å². The molecule has 0 spiro atoms. The molecule has 0 bridgehead atoms. The van der Waals surface area contributed by atoms with Gasteiger partial charge in [0.05, 0.1) is 0 Å². The number of hydrogen-bond donors (Lipinski definition) is 1. The molecule has 1 atom stereocenters. The van der Waals surface area contributed by atoms with E-state index in [1.165, 1.54) is 0 Å². The molecule has 0 radical (unpaired) electrons. The minimum atomic E-state index is -4.19. The minimum absolute atomic E-state index is 0.120. The van der Waals surface area contributed by atoms with Crippen LogP contribution in [0.25, 0.3) is 0 Å². The molecule has 5 heteroatoms. The number of halogens is 3. The fraction of sp³-hybridized carbons (Fsp3) is 1.00. The Morgan fingerprint density at radius 3 is 1.73 bits per heavy atom. The van der Waals surface area contributed by atoms with E-state index in [2.05, 4.69) is 12.6 Å². The second kappa shape index (κ2) is 3.53. The Bertz CT molecular complexity index is 130. The van der Waals surface area contributed by atoms with Crippen molar-refractivity contribution in [3.8, 4) is 0 Å². The van der Waals surface area contributed by atoms with Gasteiger partial charge in [-0.2, -0.15) is 25.8 Å². The lowest BCUT2D eigenvalue weighted by atomic mass is 10.2. The van der Waals surface area contributed by atoms with E-state index in [0.29, 0.717) is 0 Å². The maximum Gasteiger partial charge on any atom is 0.403 e. The van der Waals surface area contributed by atoms with Crippen LogP contribution in [0.5, 0.6) is 0 Å². The SMILES string of the molecule is CP(C)CC(C)(S)C(F)(F)F. The average molecular weight is 204 g/mol. The van der Waals surface area contributed by atoms with Gasteiger partial charge < -0.3 is 0 Å².